The summed E-state index contributed by atoms with van der Waals surface area (Å²) in [4.78, 5) is 11.3. The summed E-state index contributed by atoms with van der Waals surface area (Å²) in [5.41, 5.74) is 0.522. The lowest BCUT2D eigenvalue weighted by molar-refractivity contribution is -0.143. The number of carboxylic acids is 1. The van der Waals surface area contributed by atoms with E-state index in [1.54, 1.807) is 0 Å². The number of hydrogen-bond acceptors (Lipinski definition) is 2. The highest BCUT2D eigenvalue weighted by atomic mass is 16.6. The van der Waals surface area contributed by atoms with Gasteiger partial charge in [0.25, 0.3) is 0 Å². The van der Waals surface area contributed by atoms with Gasteiger partial charge in [0, 0.05) is 0 Å². The smallest absolute Gasteiger partial charge is 0.306 e. The first-order chi connectivity index (χ1) is 11.0. The Morgan fingerprint density at radius 3 is 2.43 bits per heavy atom. The van der Waals surface area contributed by atoms with Crippen LogP contribution in [0.1, 0.15) is 77.6 Å². The molecule has 1 saturated heterocycles. The van der Waals surface area contributed by atoms with Gasteiger partial charge in [-0.15, -0.1) is 0 Å². The van der Waals surface area contributed by atoms with E-state index in [-0.39, 0.29) is 5.92 Å². The van der Waals surface area contributed by atoms with Crippen molar-refractivity contribution in [3.8, 4) is 0 Å². The average molecular weight is 320 g/mol. The largest absolute Gasteiger partial charge is 0.481 e. The minimum absolute atomic E-state index is 0.0654. The third-order valence-corrected chi connectivity index (χ3v) is 7.89. The van der Waals surface area contributed by atoms with E-state index in [2.05, 4.69) is 6.92 Å². The lowest BCUT2D eigenvalue weighted by Crippen LogP contribution is -2.37. The van der Waals surface area contributed by atoms with Crippen LogP contribution < -0.4 is 0 Å². The molecule has 3 nitrogen and oxygen atoms in total. The molecule has 23 heavy (non-hydrogen) atoms. The Hall–Kier alpha value is -0.570. The summed E-state index contributed by atoms with van der Waals surface area (Å²) in [6.45, 7) is 2.53. The van der Waals surface area contributed by atoms with Crippen molar-refractivity contribution in [2.75, 3.05) is 0 Å². The molecule has 0 bridgehead atoms. The maximum atomic E-state index is 11.3. The van der Waals surface area contributed by atoms with E-state index in [4.69, 9.17) is 4.74 Å². The quantitative estimate of drug-likeness (QED) is 0.771. The van der Waals surface area contributed by atoms with E-state index in [0.717, 1.165) is 31.1 Å². The van der Waals surface area contributed by atoms with Gasteiger partial charge in [-0.25, -0.2) is 0 Å². The Kier molecular flexibility index (Phi) is 4.19. The van der Waals surface area contributed by atoms with E-state index in [1.165, 1.54) is 51.4 Å². The van der Waals surface area contributed by atoms with Crippen LogP contribution in [0.5, 0.6) is 0 Å². The molecule has 0 aromatic carbocycles. The zero-order chi connectivity index (χ0) is 16.0. The predicted octanol–water partition coefficient (Wildman–Crippen LogP) is 4.64. The summed E-state index contributed by atoms with van der Waals surface area (Å²) in [5.74, 6) is 1.71. The van der Waals surface area contributed by atoms with Gasteiger partial charge in [0.2, 0.25) is 0 Å². The number of ether oxygens (including phenoxy) is 1. The Morgan fingerprint density at radius 2 is 1.74 bits per heavy atom. The standard InChI is InChI=1S/C20H32O3/c1-20(16-5-6-17-18(12-16)23-17)9-7-13(8-10-20)14-3-2-4-15(11-14)19(21)22/h13-18H,2-12H2,1H3,(H,21,22). The van der Waals surface area contributed by atoms with Crippen molar-refractivity contribution in [1.29, 1.82) is 0 Å². The van der Waals surface area contributed by atoms with Crippen LogP contribution in [-0.4, -0.2) is 23.3 Å². The number of rotatable bonds is 3. The molecule has 0 spiro atoms. The van der Waals surface area contributed by atoms with Crippen molar-refractivity contribution in [2.45, 2.75) is 89.8 Å². The first kappa shape index (κ1) is 15.9. The molecule has 3 heteroatoms. The molecule has 0 amide bonds. The maximum absolute atomic E-state index is 11.3. The van der Waals surface area contributed by atoms with Gasteiger partial charge < -0.3 is 9.84 Å². The van der Waals surface area contributed by atoms with Crippen molar-refractivity contribution >= 4 is 5.97 Å². The summed E-state index contributed by atoms with van der Waals surface area (Å²) in [6.07, 6.45) is 14.8. The molecule has 130 valence electrons. The van der Waals surface area contributed by atoms with E-state index in [1.807, 2.05) is 0 Å². The summed E-state index contributed by atoms with van der Waals surface area (Å²) in [5, 5.41) is 9.32. The van der Waals surface area contributed by atoms with Crippen LogP contribution in [0.2, 0.25) is 0 Å². The highest BCUT2D eigenvalue weighted by Crippen LogP contribution is 2.54. The minimum Gasteiger partial charge on any atom is -0.481 e. The lowest BCUT2D eigenvalue weighted by Gasteiger charge is -2.46. The minimum atomic E-state index is -0.559. The number of carbonyl (C=O) groups is 1. The van der Waals surface area contributed by atoms with Crippen molar-refractivity contribution in [2.24, 2.45) is 29.1 Å². The average Bonchev–Trinajstić information content (AvgIpc) is 3.34. The molecular weight excluding hydrogens is 288 g/mol. The number of carboxylic acid groups (broad SMARTS) is 1. The molecule has 0 aromatic rings. The summed E-state index contributed by atoms with van der Waals surface area (Å²) < 4.78 is 5.74. The summed E-state index contributed by atoms with van der Waals surface area (Å²) in [6, 6.07) is 0. The van der Waals surface area contributed by atoms with Gasteiger partial charge in [-0.3, -0.25) is 4.79 Å². The van der Waals surface area contributed by atoms with E-state index in [9.17, 15) is 9.90 Å². The number of epoxide rings is 1. The van der Waals surface area contributed by atoms with Crippen LogP contribution in [0.4, 0.5) is 0 Å². The fourth-order valence-corrected chi connectivity index (χ4v) is 6.10. The molecule has 4 aliphatic rings. The highest BCUT2D eigenvalue weighted by molar-refractivity contribution is 5.70. The van der Waals surface area contributed by atoms with Crippen LogP contribution in [0, 0.1) is 29.1 Å². The van der Waals surface area contributed by atoms with Crippen LogP contribution in [-0.2, 0) is 9.53 Å². The van der Waals surface area contributed by atoms with Gasteiger partial charge in [0.1, 0.15) is 0 Å². The molecule has 5 unspecified atom stereocenters. The topological polar surface area (TPSA) is 49.8 Å². The van der Waals surface area contributed by atoms with Crippen molar-refractivity contribution in [3.63, 3.8) is 0 Å². The monoisotopic (exact) mass is 320 g/mol. The molecule has 1 N–H and O–H groups in total. The Balaban J connectivity index is 1.32. The first-order valence-corrected chi connectivity index (χ1v) is 9.93. The molecule has 3 saturated carbocycles. The lowest BCUT2D eigenvalue weighted by atomic mass is 9.58. The second-order valence-electron chi connectivity index (χ2n) is 9.18. The molecular formula is C20H32O3. The van der Waals surface area contributed by atoms with Gasteiger partial charge in [-0.2, -0.15) is 0 Å². The second kappa shape index (κ2) is 6.06. The van der Waals surface area contributed by atoms with Gasteiger partial charge in [-0.05, 0) is 81.0 Å². The molecule has 1 heterocycles. The normalized spacial score (nSPS) is 50.1. The molecule has 4 fully saturated rings. The van der Waals surface area contributed by atoms with Gasteiger partial charge in [-0.1, -0.05) is 19.8 Å². The molecule has 0 aromatic heterocycles. The molecule has 1 aliphatic heterocycles. The molecule has 3 aliphatic carbocycles. The number of hydrogen-bond donors (Lipinski definition) is 1. The predicted molar refractivity (Wildman–Crippen MR) is 89.2 cm³/mol. The van der Waals surface area contributed by atoms with Crippen LogP contribution in [0.3, 0.4) is 0 Å². The molecule has 0 radical (unpaired) electrons. The van der Waals surface area contributed by atoms with Crippen LogP contribution >= 0.6 is 0 Å². The first-order valence-electron chi connectivity index (χ1n) is 9.93. The zero-order valence-electron chi connectivity index (χ0n) is 14.5. The fourth-order valence-electron chi connectivity index (χ4n) is 6.10. The summed E-state index contributed by atoms with van der Waals surface area (Å²) >= 11 is 0. The van der Waals surface area contributed by atoms with Crippen LogP contribution in [0.15, 0.2) is 0 Å². The van der Waals surface area contributed by atoms with Crippen LogP contribution in [0.25, 0.3) is 0 Å². The van der Waals surface area contributed by atoms with Gasteiger partial charge in [0.05, 0.1) is 18.1 Å². The Labute approximate surface area is 140 Å². The maximum Gasteiger partial charge on any atom is 0.306 e. The number of fused-ring (bicyclic) bond motifs is 1. The van der Waals surface area contributed by atoms with Gasteiger partial charge >= 0.3 is 5.97 Å². The third-order valence-electron chi connectivity index (χ3n) is 7.89. The Bertz CT molecular complexity index is 452. The molecule has 4 rings (SSSR count). The second-order valence-corrected chi connectivity index (χ2v) is 9.18. The SMILES string of the molecule is CC1(C2CCC3OC3C2)CCC(C2CCCC(C(=O)O)C2)CC1. The van der Waals surface area contributed by atoms with E-state index < -0.39 is 5.97 Å². The fraction of sp³-hybridized carbons (Fsp3) is 0.950. The van der Waals surface area contributed by atoms with Crippen molar-refractivity contribution in [1.82, 2.24) is 0 Å². The highest BCUT2D eigenvalue weighted by Gasteiger charge is 2.49. The van der Waals surface area contributed by atoms with Crippen molar-refractivity contribution in [3.05, 3.63) is 0 Å². The van der Waals surface area contributed by atoms with Gasteiger partial charge in [0.15, 0.2) is 0 Å². The molecule has 5 atom stereocenters. The Morgan fingerprint density at radius 1 is 0.957 bits per heavy atom. The zero-order valence-corrected chi connectivity index (χ0v) is 14.5. The van der Waals surface area contributed by atoms with Crippen molar-refractivity contribution < 1.29 is 14.6 Å². The number of aliphatic carboxylic acids is 1. The third kappa shape index (κ3) is 3.18. The van der Waals surface area contributed by atoms with E-state index in [0.29, 0.717) is 23.5 Å². The summed E-state index contributed by atoms with van der Waals surface area (Å²) in [7, 11) is 0. The van der Waals surface area contributed by atoms with E-state index >= 15 is 0 Å².